The van der Waals surface area contributed by atoms with E-state index in [1.165, 1.54) is 0 Å². The van der Waals surface area contributed by atoms with Crippen LogP contribution in [-0.4, -0.2) is 35.2 Å². The van der Waals surface area contributed by atoms with Gasteiger partial charge in [-0.3, -0.25) is 4.79 Å². The van der Waals surface area contributed by atoms with Gasteiger partial charge in [0.1, 0.15) is 19.0 Å². The van der Waals surface area contributed by atoms with Crippen LogP contribution in [0.1, 0.15) is 29.0 Å². The van der Waals surface area contributed by atoms with Gasteiger partial charge in [-0.05, 0) is 38.0 Å². The lowest BCUT2D eigenvalue weighted by Crippen LogP contribution is -2.25. The number of rotatable bonds is 6. The largest absolute Gasteiger partial charge is 0.486 e. The van der Waals surface area contributed by atoms with Crippen molar-refractivity contribution in [2.75, 3.05) is 19.8 Å². The molecule has 1 aromatic carbocycles. The molecule has 0 unspecified atom stereocenters. The van der Waals surface area contributed by atoms with E-state index in [1.807, 2.05) is 13.1 Å². The van der Waals surface area contributed by atoms with E-state index in [1.54, 1.807) is 24.4 Å². The summed E-state index contributed by atoms with van der Waals surface area (Å²) in [5.41, 5.74) is 0.597. The Bertz CT molecular complexity index is 681. The Morgan fingerprint density at radius 3 is 2.87 bits per heavy atom. The number of hydrogen-bond donors (Lipinski definition) is 1. The first-order valence-electron chi connectivity index (χ1n) is 7.89. The lowest BCUT2D eigenvalue weighted by molar-refractivity contribution is 0.0951. The second-order valence-corrected chi connectivity index (χ2v) is 5.49. The molecule has 0 saturated heterocycles. The van der Waals surface area contributed by atoms with Crippen LogP contribution in [0.15, 0.2) is 30.6 Å². The maximum atomic E-state index is 12.2. The number of nitrogens with zero attached hydrogens (tertiary/aromatic N) is 2. The van der Waals surface area contributed by atoms with Crippen LogP contribution in [0.3, 0.4) is 0 Å². The van der Waals surface area contributed by atoms with Gasteiger partial charge in [0.2, 0.25) is 0 Å². The van der Waals surface area contributed by atoms with Crippen LogP contribution in [0.4, 0.5) is 0 Å². The molecule has 1 aliphatic rings. The van der Waals surface area contributed by atoms with E-state index >= 15 is 0 Å². The second-order valence-electron chi connectivity index (χ2n) is 5.49. The van der Waals surface area contributed by atoms with Gasteiger partial charge in [0.15, 0.2) is 11.5 Å². The van der Waals surface area contributed by atoms with Crippen LogP contribution >= 0.6 is 0 Å². The van der Waals surface area contributed by atoms with Crippen molar-refractivity contribution >= 4 is 5.91 Å². The van der Waals surface area contributed by atoms with Gasteiger partial charge >= 0.3 is 0 Å². The van der Waals surface area contributed by atoms with E-state index < -0.39 is 0 Å². The molecular formula is C17H21N3O3. The molecule has 23 heavy (non-hydrogen) atoms. The minimum Gasteiger partial charge on any atom is -0.486 e. The highest BCUT2D eigenvalue weighted by atomic mass is 16.6. The van der Waals surface area contributed by atoms with Crippen molar-refractivity contribution in [3.8, 4) is 11.5 Å². The number of imidazole rings is 1. The number of fused-ring (bicyclic) bond motifs is 1. The van der Waals surface area contributed by atoms with Gasteiger partial charge in [-0.15, -0.1) is 0 Å². The summed E-state index contributed by atoms with van der Waals surface area (Å²) in [6.07, 6.45) is 5.70. The maximum Gasteiger partial charge on any atom is 0.251 e. The summed E-state index contributed by atoms with van der Waals surface area (Å²) < 4.78 is 13.1. The number of hydrogen-bond acceptors (Lipinski definition) is 4. The van der Waals surface area contributed by atoms with Gasteiger partial charge in [-0.2, -0.15) is 0 Å². The molecule has 0 saturated carbocycles. The van der Waals surface area contributed by atoms with Crippen LogP contribution in [0.5, 0.6) is 11.5 Å². The van der Waals surface area contributed by atoms with Crippen molar-refractivity contribution in [1.82, 2.24) is 14.9 Å². The van der Waals surface area contributed by atoms with Crippen molar-refractivity contribution in [2.45, 2.75) is 26.3 Å². The standard InChI is InChI=1S/C17H21N3O3/c1-13-18-7-9-20(13)8-3-2-6-19-17(21)14-4-5-15-16(12-14)23-11-10-22-15/h4-5,7,9,12H,2-3,6,8,10-11H2,1H3,(H,19,21). The predicted octanol–water partition coefficient (Wildman–Crippen LogP) is 2.17. The molecule has 0 radical (unpaired) electrons. The van der Waals surface area contributed by atoms with Crippen molar-refractivity contribution in [3.63, 3.8) is 0 Å². The molecule has 0 bridgehead atoms. The zero-order chi connectivity index (χ0) is 16.1. The molecule has 122 valence electrons. The average molecular weight is 315 g/mol. The van der Waals surface area contributed by atoms with Crippen LogP contribution in [-0.2, 0) is 6.54 Å². The van der Waals surface area contributed by atoms with Crippen LogP contribution < -0.4 is 14.8 Å². The minimum atomic E-state index is -0.0826. The highest BCUT2D eigenvalue weighted by Gasteiger charge is 2.14. The smallest absolute Gasteiger partial charge is 0.251 e. The second kappa shape index (κ2) is 7.17. The molecule has 6 nitrogen and oxygen atoms in total. The topological polar surface area (TPSA) is 65.4 Å². The fraction of sp³-hybridized carbons (Fsp3) is 0.412. The summed E-state index contributed by atoms with van der Waals surface area (Å²) in [6.45, 7) is 4.64. The molecule has 1 aromatic heterocycles. The zero-order valence-corrected chi connectivity index (χ0v) is 13.2. The Kier molecular flexibility index (Phi) is 4.80. The molecule has 2 aromatic rings. The van der Waals surface area contributed by atoms with Gasteiger partial charge in [0.05, 0.1) is 0 Å². The number of aryl methyl sites for hydroxylation is 2. The van der Waals surface area contributed by atoms with Crippen molar-refractivity contribution in [3.05, 3.63) is 42.0 Å². The Hall–Kier alpha value is -2.50. The molecular weight excluding hydrogens is 294 g/mol. The molecule has 1 N–H and O–H groups in total. The lowest BCUT2D eigenvalue weighted by Gasteiger charge is -2.18. The summed E-state index contributed by atoms with van der Waals surface area (Å²) >= 11 is 0. The first-order valence-corrected chi connectivity index (χ1v) is 7.89. The van der Waals surface area contributed by atoms with Crippen LogP contribution in [0.25, 0.3) is 0 Å². The van der Waals surface area contributed by atoms with E-state index in [-0.39, 0.29) is 5.91 Å². The Balaban J connectivity index is 1.43. The van der Waals surface area contributed by atoms with Crippen LogP contribution in [0, 0.1) is 6.92 Å². The molecule has 0 fully saturated rings. The zero-order valence-electron chi connectivity index (χ0n) is 13.2. The number of carbonyl (C=O) groups is 1. The van der Waals surface area contributed by atoms with Crippen molar-refractivity contribution in [2.24, 2.45) is 0 Å². The maximum absolute atomic E-state index is 12.2. The summed E-state index contributed by atoms with van der Waals surface area (Å²) in [4.78, 5) is 16.3. The SMILES string of the molecule is Cc1nccn1CCCCNC(=O)c1ccc2c(c1)OCCO2. The Morgan fingerprint density at radius 1 is 1.26 bits per heavy atom. The summed E-state index contributed by atoms with van der Waals surface area (Å²) in [7, 11) is 0. The first kappa shape index (κ1) is 15.4. The predicted molar refractivity (Wildman–Crippen MR) is 86.0 cm³/mol. The highest BCUT2D eigenvalue weighted by Crippen LogP contribution is 2.30. The Morgan fingerprint density at radius 2 is 2.09 bits per heavy atom. The number of carbonyl (C=O) groups excluding carboxylic acids is 1. The minimum absolute atomic E-state index is 0.0826. The number of unbranched alkanes of at least 4 members (excludes halogenated alkanes) is 1. The van der Waals surface area contributed by atoms with E-state index in [2.05, 4.69) is 14.9 Å². The third-order valence-electron chi connectivity index (χ3n) is 3.84. The van der Waals surface area contributed by atoms with E-state index in [4.69, 9.17) is 9.47 Å². The fourth-order valence-corrected chi connectivity index (χ4v) is 2.54. The van der Waals surface area contributed by atoms with Crippen molar-refractivity contribution in [1.29, 1.82) is 0 Å². The van der Waals surface area contributed by atoms with Gasteiger partial charge in [0, 0.05) is 31.0 Å². The molecule has 1 amide bonds. The quantitative estimate of drug-likeness (QED) is 0.830. The summed E-state index contributed by atoms with van der Waals surface area (Å²) in [5.74, 6) is 2.27. The van der Waals surface area contributed by atoms with Gasteiger partial charge in [-0.1, -0.05) is 0 Å². The monoisotopic (exact) mass is 315 g/mol. The molecule has 6 heteroatoms. The first-order chi connectivity index (χ1) is 11.2. The van der Waals surface area contributed by atoms with E-state index in [0.29, 0.717) is 36.8 Å². The van der Waals surface area contributed by atoms with Crippen molar-refractivity contribution < 1.29 is 14.3 Å². The highest BCUT2D eigenvalue weighted by molar-refractivity contribution is 5.94. The molecule has 1 aliphatic heterocycles. The van der Waals surface area contributed by atoms with Gasteiger partial charge in [0.25, 0.3) is 5.91 Å². The summed E-state index contributed by atoms with van der Waals surface area (Å²) in [5, 5.41) is 2.94. The molecule has 0 atom stereocenters. The molecule has 0 spiro atoms. The van der Waals surface area contributed by atoms with Gasteiger partial charge < -0.3 is 19.4 Å². The van der Waals surface area contributed by atoms with E-state index in [0.717, 1.165) is 25.2 Å². The average Bonchev–Trinajstić information content (AvgIpc) is 2.99. The van der Waals surface area contributed by atoms with Gasteiger partial charge in [-0.25, -0.2) is 4.98 Å². The number of benzene rings is 1. The number of ether oxygens (including phenoxy) is 2. The summed E-state index contributed by atoms with van der Waals surface area (Å²) in [6, 6.07) is 5.28. The number of aromatic nitrogens is 2. The fourth-order valence-electron chi connectivity index (χ4n) is 2.54. The number of amides is 1. The lowest BCUT2D eigenvalue weighted by atomic mass is 10.1. The molecule has 3 rings (SSSR count). The Labute approximate surface area is 135 Å². The van der Waals surface area contributed by atoms with E-state index in [9.17, 15) is 4.79 Å². The normalized spacial score (nSPS) is 12.9. The molecule has 2 heterocycles. The third kappa shape index (κ3) is 3.83. The number of nitrogens with one attached hydrogen (secondary N) is 1. The molecule has 0 aliphatic carbocycles. The third-order valence-corrected chi connectivity index (χ3v) is 3.84. The van der Waals surface area contributed by atoms with Crippen LogP contribution in [0.2, 0.25) is 0 Å².